The summed E-state index contributed by atoms with van der Waals surface area (Å²) in [5.74, 6) is -2.55. The van der Waals surface area contributed by atoms with Crippen LogP contribution in [0.4, 0.5) is 0 Å². The number of hydrogen-bond donors (Lipinski definition) is 1. The lowest BCUT2D eigenvalue weighted by atomic mass is 9.97. The Kier molecular flexibility index (Phi) is 3.07. The van der Waals surface area contributed by atoms with E-state index in [0.717, 1.165) is 0 Å². The third-order valence-electron chi connectivity index (χ3n) is 3.67. The molecule has 0 aromatic carbocycles. The fourth-order valence-electron chi connectivity index (χ4n) is 3.13. The van der Waals surface area contributed by atoms with Gasteiger partial charge in [0.15, 0.2) is 11.6 Å². The van der Waals surface area contributed by atoms with Crippen LogP contribution in [0.15, 0.2) is 5.22 Å². The summed E-state index contributed by atoms with van der Waals surface area (Å²) in [6.07, 6.45) is -0.958. The van der Waals surface area contributed by atoms with E-state index in [9.17, 15) is 0 Å². The monoisotopic (exact) mass is 286 g/mol. The van der Waals surface area contributed by atoms with Gasteiger partial charge in [-0.25, -0.2) is 0 Å². The molecule has 4 atom stereocenters. The first-order valence-corrected chi connectivity index (χ1v) is 6.71. The summed E-state index contributed by atoms with van der Waals surface area (Å²) in [5, 5.41) is 2.91. The van der Waals surface area contributed by atoms with Gasteiger partial charge in [-0.2, -0.15) is 0 Å². The number of ether oxygens (including phenoxy) is 5. The highest BCUT2D eigenvalue weighted by atomic mass is 16.9. The number of nitrogens with one attached hydrogen (secondary N) is 1. The van der Waals surface area contributed by atoms with Crippen molar-refractivity contribution in [1.82, 2.24) is 5.43 Å². The highest BCUT2D eigenvalue weighted by Crippen LogP contribution is 2.47. The third kappa shape index (κ3) is 2.21. The standard InChI is InChI=1S/C12H20N3O5/c1-10(2)17-7-5-16-12(6-14-15-13)9(8(7)18-10)19-11(3,4)20-12/h7-9H,5-6H2,1-4H3,(H-,13,14)/q-1/t7-,8-,9-,12-/m1/s1. The van der Waals surface area contributed by atoms with Crippen LogP contribution in [-0.4, -0.2) is 48.8 Å². The Morgan fingerprint density at radius 3 is 2.60 bits per heavy atom. The van der Waals surface area contributed by atoms with E-state index in [4.69, 9.17) is 29.2 Å². The second kappa shape index (κ2) is 4.35. The molecular weight excluding hydrogens is 266 g/mol. The average Bonchev–Trinajstić information content (AvgIpc) is 2.78. The Labute approximate surface area is 117 Å². The van der Waals surface area contributed by atoms with Crippen LogP contribution in [0.1, 0.15) is 27.7 Å². The molecule has 3 saturated heterocycles. The Morgan fingerprint density at radius 2 is 1.90 bits per heavy atom. The van der Waals surface area contributed by atoms with Crippen LogP contribution in [0.2, 0.25) is 0 Å². The lowest BCUT2D eigenvalue weighted by molar-refractivity contribution is -0.277. The summed E-state index contributed by atoms with van der Waals surface area (Å²) in [5.41, 5.74) is 11.1. The van der Waals surface area contributed by atoms with Gasteiger partial charge in [-0.1, -0.05) is 0 Å². The summed E-state index contributed by atoms with van der Waals surface area (Å²) < 4.78 is 29.4. The van der Waals surface area contributed by atoms with Crippen LogP contribution in [0.3, 0.4) is 0 Å². The molecule has 3 heterocycles. The molecule has 0 aromatic rings. The van der Waals surface area contributed by atoms with E-state index in [0.29, 0.717) is 6.61 Å². The van der Waals surface area contributed by atoms with Gasteiger partial charge in [0, 0.05) is 6.54 Å². The Morgan fingerprint density at radius 1 is 1.15 bits per heavy atom. The molecule has 0 aliphatic carbocycles. The number of nitrogens with zero attached hydrogens (tertiary/aromatic N) is 2. The van der Waals surface area contributed by atoms with Crippen molar-refractivity contribution in [3.05, 3.63) is 5.53 Å². The smallest absolute Gasteiger partial charge is 0.201 e. The molecule has 3 fully saturated rings. The van der Waals surface area contributed by atoms with Crippen molar-refractivity contribution in [1.29, 1.82) is 0 Å². The maximum absolute atomic E-state index is 8.62. The Bertz CT molecular complexity index is 416. The molecule has 8 heteroatoms. The van der Waals surface area contributed by atoms with Gasteiger partial charge in [0.05, 0.1) is 6.61 Å². The molecule has 0 unspecified atom stereocenters. The van der Waals surface area contributed by atoms with E-state index in [1.807, 2.05) is 27.7 Å². The molecule has 0 bridgehead atoms. The molecule has 8 nitrogen and oxygen atoms in total. The molecule has 0 radical (unpaired) electrons. The molecular formula is C12H20N3O5-. The molecule has 20 heavy (non-hydrogen) atoms. The van der Waals surface area contributed by atoms with Crippen molar-refractivity contribution in [2.45, 2.75) is 63.4 Å². The molecule has 3 rings (SSSR count). The number of fused-ring (bicyclic) bond motifs is 3. The molecule has 0 aromatic heterocycles. The van der Waals surface area contributed by atoms with Crippen LogP contribution < -0.4 is 5.43 Å². The SMILES string of the molecule is CC1(C)O[C@H]2[C@H]3OC(C)(C)O[C@@]3(CNN=[N-])OC[C@H]2O1. The Balaban J connectivity index is 1.87. The summed E-state index contributed by atoms with van der Waals surface area (Å²) in [6, 6.07) is 0. The Hall–Kier alpha value is -0.800. The van der Waals surface area contributed by atoms with E-state index < -0.39 is 23.5 Å². The van der Waals surface area contributed by atoms with E-state index >= 15 is 0 Å². The molecule has 114 valence electrons. The van der Waals surface area contributed by atoms with Crippen molar-refractivity contribution >= 4 is 0 Å². The van der Waals surface area contributed by atoms with E-state index in [2.05, 4.69) is 10.6 Å². The topological polar surface area (TPSA) is 92.8 Å². The van der Waals surface area contributed by atoms with Crippen LogP contribution in [0.5, 0.6) is 0 Å². The first-order valence-electron chi connectivity index (χ1n) is 6.71. The van der Waals surface area contributed by atoms with Crippen LogP contribution in [-0.2, 0) is 23.7 Å². The highest BCUT2D eigenvalue weighted by Gasteiger charge is 2.64. The zero-order valence-corrected chi connectivity index (χ0v) is 12.1. The summed E-state index contributed by atoms with van der Waals surface area (Å²) in [6.45, 7) is 7.82. The van der Waals surface area contributed by atoms with Crippen molar-refractivity contribution in [3.8, 4) is 0 Å². The minimum atomic E-state index is -1.05. The second-order valence-corrected chi connectivity index (χ2v) is 6.24. The van der Waals surface area contributed by atoms with E-state index in [-0.39, 0.29) is 18.8 Å². The highest BCUT2D eigenvalue weighted by molar-refractivity contribution is 5.03. The fourth-order valence-corrected chi connectivity index (χ4v) is 3.13. The summed E-state index contributed by atoms with van der Waals surface area (Å²) >= 11 is 0. The van der Waals surface area contributed by atoms with E-state index in [1.165, 1.54) is 0 Å². The summed E-state index contributed by atoms with van der Waals surface area (Å²) in [7, 11) is 0. The predicted octanol–water partition coefficient (Wildman–Crippen LogP) is 0.911. The van der Waals surface area contributed by atoms with Gasteiger partial charge < -0.3 is 34.6 Å². The summed E-state index contributed by atoms with van der Waals surface area (Å²) in [4.78, 5) is 0. The molecule has 1 N–H and O–H groups in total. The number of hydrogen-bond acceptors (Lipinski definition) is 6. The van der Waals surface area contributed by atoms with Gasteiger partial charge in [0.25, 0.3) is 0 Å². The molecule has 3 aliphatic heterocycles. The first kappa shape index (κ1) is 14.2. The minimum Gasteiger partial charge on any atom is -0.409 e. The molecule has 0 saturated carbocycles. The van der Waals surface area contributed by atoms with Crippen molar-refractivity contribution in [2.75, 3.05) is 13.2 Å². The van der Waals surface area contributed by atoms with Gasteiger partial charge in [-0.3, -0.25) is 5.22 Å². The zero-order valence-electron chi connectivity index (χ0n) is 12.1. The maximum Gasteiger partial charge on any atom is 0.201 e. The van der Waals surface area contributed by atoms with E-state index in [1.54, 1.807) is 0 Å². The van der Waals surface area contributed by atoms with Gasteiger partial charge in [-0.15, -0.1) is 0 Å². The maximum atomic E-state index is 8.62. The largest absolute Gasteiger partial charge is 0.409 e. The van der Waals surface area contributed by atoms with Crippen LogP contribution >= 0.6 is 0 Å². The molecule has 0 amide bonds. The van der Waals surface area contributed by atoms with Crippen molar-refractivity contribution in [2.24, 2.45) is 5.22 Å². The molecule has 3 aliphatic rings. The van der Waals surface area contributed by atoms with Crippen molar-refractivity contribution < 1.29 is 23.7 Å². The van der Waals surface area contributed by atoms with Gasteiger partial charge in [-0.05, 0) is 27.7 Å². The molecule has 0 spiro atoms. The van der Waals surface area contributed by atoms with Crippen LogP contribution in [0, 0.1) is 0 Å². The van der Waals surface area contributed by atoms with Gasteiger partial charge in [0.1, 0.15) is 18.3 Å². The lowest BCUT2D eigenvalue weighted by Gasteiger charge is -2.41. The normalized spacial score (nSPS) is 44.7. The first-order chi connectivity index (χ1) is 9.27. The predicted molar refractivity (Wildman–Crippen MR) is 66.3 cm³/mol. The quantitative estimate of drug-likeness (QED) is 0.612. The second-order valence-electron chi connectivity index (χ2n) is 6.24. The van der Waals surface area contributed by atoms with Gasteiger partial charge in [0.2, 0.25) is 5.79 Å². The van der Waals surface area contributed by atoms with Gasteiger partial charge >= 0.3 is 0 Å². The van der Waals surface area contributed by atoms with Crippen molar-refractivity contribution in [3.63, 3.8) is 0 Å². The average molecular weight is 286 g/mol. The zero-order chi connectivity index (χ0) is 14.6. The fraction of sp³-hybridized carbons (Fsp3) is 1.00. The lowest BCUT2D eigenvalue weighted by Crippen LogP contribution is -2.61. The number of rotatable bonds is 3. The third-order valence-corrected chi connectivity index (χ3v) is 3.67. The minimum absolute atomic E-state index is 0.157. The van der Waals surface area contributed by atoms with Crippen LogP contribution in [0.25, 0.3) is 5.53 Å².